The molecule has 7 heteroatoms. The van der Waals surface area contributed by atoms with Crippen LogP contribution in [-0.4, -0.2) is 47.0 Å². The second kappa shape index (κ2) is 7.35. The molecule has 1 rings (SSSR count). The summed E-state index contributed by atoms with van der Waals surface area (Å²) in [6.45, 7) is 3.44. The first-order chi connectivity index (χ1) is 8.85. The molecule has 1 heterocycles. The molecule has 0 saturated carbocycles. The van der Waals surface area contributed by atoms with Crippen molar-refractivity contribution in [2.24, 2.45) is 0 Å². The summed E-state index contributed by atoms with van der Waals surface area (Å²) in [4.78, 5) is 2.04. The number of nitrogens with one attached hydrogen (secondary N) is 2. The fourth-order valence-corrected chi connectivity index (χ4v) is 4.13. The Morgan fingerprint density at radius 2 is 2.11 bits per heavy atom. The van der Waals surface area contributed by atoms with Gasteiger partial charge in [0, 0.05) is 12.6 Å². The molecule has 0 bridgehead atoms. The summed E-state index contributed by atoms with van der Waals surface area (Å²) >= 11 is 1.26. The fourth-order valence-electron chi connectivity index (χ4n) is 1.62. The Balaban J connectivity index is 2.64. The molecule has 0 amide bonds. The average Bonchev–Trinajstić information content (AvgIpc) is 2.76. The van der Waals surface area contributed by atoms with Crippen molar-refractivity contribution >= 4 is 21.4 Å². The number of hydrogen-bond donors (Lipinski definition) is 2. The maximum atomic E-state index is 12.2. The van der Waals surface area contributed by atoms with Gasteiger partial charge in [0.15, 0.2) is 0 Å². The van der Waals surface area contributed by atoms with Gasteiger partial charge in [-0.05, 0) is 58.0 Å². The van der Waals surface area contributed by atoms with Crippen molar-refractivity contribution in [2.45, 2.75) is 30.1 Å². The smallest absolute Gasteiger partial charge is 0.250 e. The van der Waals surface area contributed by atoms with Gasteiger partial charge >= 0.3 is 0 Å². The van der Waals surface area contributed by atoms with Crippen LogP contribution in [0.25, 0.3) is 0 Å². The summed E-state index contributed by atoms with van der Waals surface area (Å²) in [5.41, 5.74) is 0.994. The fraction of sp³-hybridized carbons (Fsp3) is 0.667. The molecular weight excluding hydrogens is 282 g/mol. The van der Waals surface area contributed by atoms with Crippen molar-refractivity contribution in [3.05, 3.63) is 17.0 Å². The van der Waals surface area contributed by atoms with Crippen molar-refractivity contribution in [3.63, 3.8) is 0 Å². The van der Waals surface area contributed by atoms with Gasteiger partial charge in [-0.1, -0.05) is 0 Å². The molecular formula is C12H23N3O2S2. The molecule has 0 fully saturated rings. The summed E-state index contributed by atoms with van der Waals surface area (Å²) in [6.07, 6.45) is 0.793. The SMILES string of the molecule is CNCc1csc(S(=O)(=O)NC(C)CCN(C)C)c1. The topological polar surface area (TPSA) is 61.4 Å². The lowest BCUT2D eigenvalue weighted by Gasteiger charge is -2.16. The zero-order valence-corrected chi connectivity index (χ0v) is 13.6. The Kier molecular flexibility index (Phi) is 6.41. The van der Waals surface area contributed by atoms with Gasteiger partial charge in [0.25, 0.3) is 0 Å². The van der Waals surface area contributed by atoms with E-state index in [4.69, 9.17) is 0 Å². The van der Waals surface area contributed by atoms with Crippen LogP contribution in [0.1, 0.15) is 18.9 Å². The largest absolute Gasteiger partial charge is 0.316 e. The van der Waals surface area contributed by atoms with Crippen LogP contribution in [0.5, 0.6) is 0 Å². The Morgan fingerprint density at radius 3 is 2.68 bits per heavy atom. The average molecular weight is 305 g/mol. The van der Waals surface area contributed by atoms with Crippen molar-refractivity contribution in [1.82, 2.24) is 14.9 Å². The van der Waals surface area contributed by atoms with E-state index in [1.54, 1.807) is 6.07 Å². The molecule has 1 aromatic heterocycles. The molecule has 110 valence electrons. The van der Waals surface area contributed by atoms with Gasteiger partial charge in [-0.15, -0.1) is 11.3 Å². The van der Waals surface area contributed by atoms with Gasteiger partial charge < -0.3 is 10.2 Å². The van der Waals surface area contributed by atoms with E-state index >= 15 is 0 Å². The number of rotatable bonds is 8. The van der Waals surface area contributed by atoms with Crippen LogP contribution in [0, 0.1) is 0 Å². The van der Waals surface area contributed by atoms with E-state index < -0.39 is 10.0 Å². The molecule has 1 aromatic rings. The summed E-state index contributed by atoms with van der Waals surface area (Å²) < 4.78 is 27.4. The maximum Gasteiger partial charge on any atom is 0.250 e. The standard InChI is InChI=1S/C12H23N3O2S2/c1-10(5-6-15(3)4)14-19(16,17)12-7-11(8-13-2)9-18-12/h7,9-10,13-14H,5-6,8H2,1-4H3. The highest BCUT2D eigenvalue weighted by molar-refractivity contribution is 7.91. The van der Waals surface area contributed by atoms with Gasteiger partial charge in [-0.2, -0.15) is 0 Å². The Morgan fingerprint density at radius 1 is 1.42 bits per heavy atom. The van der Waals surface area contributed by atoms with Crippen LogP contribution in [0.2, 0.25) is 0 Å². The second-order valence-electron chi connectivity index (χ2n) is 4.92. The first-order valence-corrected chi connectivity index (χ1v) is 8.60. The zero-order chi connectivity index (χ0) is 14.5. The molecule has 0 aliphatic rings. The van der Waals surface area contributed by atoms with Gasteiger partial charge in [0.1, 0.15) is 4.21 Å². The van der Waals surface area contributed by atoms with Crippen LogP contribution in [0.15, 0.2) is 15.7 Å². The van der Waals surface area contributed by atoms with E-state index in [1.807, 2.05) is 38.3 Å². The highest BCUT2D eigenvalue weighted by Gasteiger charge is 2.19. The minimum Gasteiger partial charge on any atom is -0.316 e. The highest BCUT2D eigenvalue weighted by atomic mass is 32.2. The third-order valence-corrected chi connectivity index (χ3v) is 5.72. The number of nitrogens with zero attached hydrogens (tertiary/aromatic N) is 1. The minimum absolute atomic E-state index is 0.0674. The molecule has 0 spiro atoms. The lowest BCUT2D eigenvalue weighted by Crippen LogP contribution is -2.34. The Labute approximate surface area is 120 Å². The van der Waals surface area contributed by atoms with Crippen molar-refractivity contribution in [3.8, 4) is 0 Å². The lowest BCUT2D eigenvalue weighted by molar-refractivity contribution is 0.379. The number of hydrogen-bond acceptors (Lipinski definition) is 5. The third kappa shape index (κ3) is 5.58. The van der Waals surface area contributed by atoms with E-state index in [9.17, 15) is 8.42 Å². The van der Waals surface area contributed by atoms with Gasteiger partial charge in [-0.3, -0.25) is 0 Å². The predicted molar refractivity (Wildman–Crippen MR) is 80.0 cm³/mol. The van der Waals surface area contributed by atoms with E-state index in [0.717, 1.165) is 18.5 Å². The molecule has 19 heavy (non-hydrogen) atoms. The molecule has 2 N–H and O–H groups in total. The number of sulfonamides is 1. The third-order valence-electron chi connectivity index (χ3n) is 2.64. The minimum atomic E-state index is -3.38. The molecule has 0 saturated heterocycles. The first-order valence-electron chi connectivity index (χ1n) is 6.24. The summed E-state index contributed by atoms with van der Waals surface area (Å²) in [5, 5.41) is 4.88. The second-order valence-corrected chi connectivity index (χ2v) is 7.77. The molecule has 0 aliphatic heterocycles. The van der Waals surface area contributed by atoms with E-state index in [1.165, 1.54) is 11.3 Å². The molecule has 0 aromatic carbocycles. The first kappa shape index (κ1) is 16.6. The monoisotopic (exact) mass is 305 g/mol. The lowest BCUT2D eigenvalue weighted by atomic mass is 10.2. The molecule has 0 aliphatic carbocycles. The van der Waals surface area contributed by atoms with Crippen LogP contribution in [0.4, 0.5) is 0 Å². The molecule has 0 radical (unpaired) electrons. The highest BCUT2D eigenvalue weighted by Crippen LogP contribution is 2.20. The summed E-state index contributed by atoms with van der Waals surface area (Å²) in [5.74, 6) is 0. The van der Waals surface area contributed by atoms with Crippen molar-refractivity contribution in [2.75, 3.05) is 27.7 Å². The number of thiophene rings is 1. The molecule has 5 nitrogen and oxygen atoms in total. The van der Waals surface area contributed by atoms with Crippen LogP contribution >= 0.6 is 11.3 Å². The summed E-state index contributed by atoms with van der Waals surface area (Å²) in [7, 11) is 2.41. The van der Waals surface area contributed by atoms with E-state index in [2.05, 4.69) is 10.0 Å². The van der Waals surface area contributed by atoms with Crippen molar-refractivity contribution in [1.29, 1.82) is 0 Å². The van der Waals surface area contributed by atoms with E-state index in [-0.39, 0.29) is 6.04 Å². The van der Waals surface area contributed by atoms with Gasteiger partial charge in [0.05, 0.1) is 0 Å². The van der Waals surface area contributed by atoms with Crippen molar-refractivity contribution < 1.29 is 8.42 Å². The normalized spacial score (nSPS) is 13.9. The van der Waals surface area contributed by atoms with E-state index in [0.29, 0.717) is 10.8 Å². The van der Waals surface area contributed by atoms with Crippen LogP contribution in [-0.2, 0) is 16.6 Å². The van der Waals surface area contributed by atoms with Gasteiger partial charge in [0.2, 0.25) is 10.0 Å². The summed E-state index contributed by atoms with van der Waals surface area (Å²) in [6, 6.07) is 1.66. The van der Waals surface area contributed by atoms with Gasteiger partial charge in [-0.25, -0.2) is 13.1 Å². The quantitative estimate of drug-likeness (QED) is 0.755. The molecule has 1 atom stereocenters. The van der Waals surface area contributed by atoms with Crippen LogP contribution < -0.4 is 10.0 Å². The Bertz CT molecular complexity index is 483. The Hall–Kier alpha value is -0.470. The molecule has 1 unspecified atom stereocenters. The maximum absolute atomic E-state index is 12.2. The zero-order valence-electron chi connectivity index (χ0n) is 11.9. The van der Waals surface area contributed by atoms with Crippen LogP contribution in [0.3, 0.4) is 0 Å². The predicted octanol–water partition coefficient (Wildman–Crippen LogP) is 1.09.